The molecule has 0 aliphatic carbocycles. The van der Waals surface area contributed by atoms with Crippen LogP contribution in [0.25, 0.3) is 0 Å². The molecule has 0 spiro atoms. The summed E-state index contributed by atoms with van der Waals surface area (Å²) in [6.45, 7) is 14.3. The molecule has 0 radical (unpaired) electrons. The van der Waals surface area contributed by atoms with Gasteiger partial charge in [0, 0.05) is 0 Å². The highest BCUT2D eigenvalue weighted by molar-refractivity contribution is 4.47. The third-order valence-corrected chi connectivity index (χ3v) is 3.10. The van der Waals surface area contributed by atoms with Crippen LogP contribution in [0.1, 0.15) is 53.9 Å². The number of hydrogen-bond donors (Lipinski definition) is 0. The van der Waals surface area contributed by atoms with Gasteiger partial charge in [0.15, 0.2) is 0 Å². The monoisotopic (exact) mass is 202 g/mol. The molecule has 0 bridgehead atoms. The van der Waals surface area contributed by atoms with Crippen molar-refractivity contribution in [2.24, 2.45) is 0 Å². The predicted molar refractivity (Wildman–Crippen MR) is 62.0 cm³/mol. The normalized spacial score (nSPS) is 14.4. The predicted octanol–water partition coefficient (Wildman–Crippen LogP) is 3.37. The Hall–Kier alpha value is -0.0800. The van der Waals surface area contributed by atoms with Gasteiger partial charge < -0.3 is 0 Å². The second-order valence-electron chi connectivity index (χ2n) is 4.07. The van der Waals surface area contributed by atoms with Gasteiger partial charge in [-0.05, 0) is 34.1 Å². The lowest BCUT2D eigenvalue weighted by Gasteiger charge is -2.35. The van der Waals surface area contributed by atoms with Gasteiger partial charge in [-0.1, -0.05) is 19.8 Å². The molecule has 0 saturated carbocycles. The van der Waals surface area contributed by atoms with Crippen LogP contribution in [0.3, 0.4) is 0 Å². The molecular weight excluding hydrogens is 174 g/mol. The van der Waals surface area contributed by atoms with Gasteiger partial charge >= 0.3 is 0 Å². The first-order chi connectivity index (χ1) is 6.64. The molecule has 0 fully saturated rings. The summed E-state index contributed by atoms with van der Waals surface area (Å²) in [4.78, 5) is 6.13. The molecule has 0 N–H and O–H groups in total. The summed E-state index contributed by atoms with van der Waals surface area (Å²) in [6, 6.07) is 0. The van der Waals surface area contributed by atoms with Gasteiger partial charge in [-0.3, -0.25) is 0 Å². The largest absolute Gasteiger partial charge is 0.200 e. The lowest BCUT2D eigenvalue weighted by atomic mass is 10.2. The number of hydroxylamine groups is 3. The minimum Gasteiger partial charge on any atom is -0.200 e. The van der Waals surface area contributed by atoms with E-state index < -0.39 is 0 Å². The first-order valence-corrected chi connectivity index (χ1v) is 6.18. The van der Waals surface area contributed by atoms with E-state index >= 15 is 0 Å². The van der Waals surface area contributed by atoms with Crippen LogP contribution in [0.15, 0.2) is 0 Å². The first-order valence-electron chi connectivity index (χ1n) is 6.18. The highest BCUT2D eigenvalue weighted by Crippen LogP contribution is 2.14. The molecule has 2 nitrogen and oxygen atoms in total. The van der Waals surface area contributed by atoms with Crippen LogP contribution in [0.5, 0.6) is 0 Å². The van der Waals surface area contributed by atoms with E-state index in [0.29, 0.717) is 6.10 Å². The van der Waals surface area contributed by atoms with E-state index in [9.17, 15) is 0 Å². The fourth-order valence-corrected chi connectivity index (χ4v) is 1.82. The van der Waals surface area contributed by atoms with E-state index in [0.717, 1.165) is 24.3 Å². The van der Waals surface area contributed by atoms with Crippen molar-refractivity contribution in [3.05, 3.63) is 0 Å². The van der Waals surface area contributed by atoms with Crippen molar-refractivity contribution in [3.63, 3.8) is 0 Å². The van der Waals surface area contributed by atoms with E-state index in [2.05, 4.69) is 34.6 Å². The number of unbranched alkanes of at least 4 members (excludes halogenated alkanes) is 1. The zero-order chi connectivity index (χ0) is 11.0. The smallest absolute Gasteiger partial charge is 0.114 e. The molecule has 1 unspecified atom stereocenters. The first kappa shape index (κ1) is 13.9. The van der Waals surface area contributed by atoms with Crippen LogP contribution in [-0.2, 0) is 4.84 Å². The fraction of sp³-hybridized carbons (Fsp3) is 1.00. The molecule has 2 heteroatoms. The summed E-state index contributed by atoms with van der Waals surface area (Å²) < 4.78 is 0.810. The van der Waals surface area contributed by atoms with E-state index in [1.165, 1.54) is 19.3 Å². The Bertz CT molecular complexity index is 124. The topological polar surface area (TPSA) is 9.23 Å². The summed E-state index contributed by atoms with van der Waals surface area (Å²) in [7, 11) is 0. The summed E-state index contributed by atoms with van der Waals surface area (Å²) in [6.07, 6.45) is 4.13. The average Bonchev–Trinajstić information content (AvgIpc) is 2.23. The molecule has 1 atom stereocenters. The second kappa shape index (κ2) is 7.24. The Morgan fingerprint density at radius 2 is 1.50 bits per heavy atom. The minimum atomic E-state index is 0.398. The summed E-state index contributed by atoms with van der Waals surface area (Å²) >= 11 is 0. The molecule has 86 valence electrons. The molecule has 0 aromatic carbocycles. The van der Waals surface area contributed by atoms with Crippen LogP contribution in [0, 0.1) is 0 Å². The minimum absolute atomic E-state index is 0.398. The third kappa shape index (κ3) is 4.43. The SMILES string of the molecule is CCCCC(C)O[N+](CC)(CC)CC. The van der Waals surface area contributed by atoms with Crippen LogP contribution in [0.4, 0.5) is 0 Å². The number of quaternary nitrogens is 1. The van der Waals surface area contributed by atoms with Crippen LogP contribution in [-0.4, -0.2) is 30.4 Å². The Labute approximate surface area is 89.8 Å². The van der Waals surface area contributed by atoms with E-state index in [1.54, 1.807) is 0 Å². The summed E-state index contributed by atoms with van der Waals surface area (Å²) in [5.41, 5.74) is 0. The number of rotatable bonds is 8. The standard InChI is InChI=1S/C12H28NO/c1-6-10-11-12(5)14-13(7-2,8-3)9-4/h12H,6-11H2,1-5H3/q+1. The van der Waals surface area contributed by atoms with Crippen molar-refractivity contribution in [3.8, 4) is 0 Å². The van der Waals surface area contributed by atoms with Crippen LogP contribution < -0.4 is 0 Å². The van der Waals surface area contributed by atoms with Gasteiger partial charge in [0.1, 0.15) is 25.7 Å². The van der Waals surface area contributed by atoms with Gasteiger partial charge in [-0.2, -0.15) is 9.48 Å². The van der Waals surface area contributed by atoms with E-state index in [1.807, 2.05) is 0 Å². The van der Waals surface area contributed by atoms with Gasteiger partial charge in [0.05, 0.1) is 0 Å². The molecule has 0 aromatic rings. The third-order valence-electron chi connectivity index (χ3n) is 3.10. The number of hydrogen-bond acceptors (Lipinski definition) is 1. The Balaban J connectivity index is 4.01. The van der Waals surface area contributed by atoms with E-state index in [-0.39, 0.29) is 0 Å². The zero-order valence-electron chi connectivity index (χ0n) is 10.7. The highest BCUT2D eigenvalue weighted by Gasteiger charge is 2.25. The summed E-state index contributed by atoms with van der Waals surface area (Å²) in [5.74, 6) is 0. The van der Waals surface area contributed by atoms with Crippen LogP contribution >= 0.6 is 0 Å². The molecule has 0 aliphatic rings. The van der Waals surface area contributed by atoms with Gasteiger partial charge in [0.2, 0.25) is 0 Å². The molecular formula is C12H28NO+. The second-order valence-corrected chi connectivity index (χ2v) is 4.07. The lowest BCUT2D eigenvalue weighted by molar-refractivity contribution is -1.11. The molecule has 0 amide bonds. The van der Waals surface area contributed by atoms with Crippen molar-refractivity contribution < 1.29 is 9.48 Å². The Kier molecular flexibility index (Phi) is 7.20. The maximum absolute atomic E-state index is 6.13. The van der Waals surface area contributed by atoms with Gasteiger partial charge in [0.25, 0.3) is 0 Å². The fourth-order valence-electron chi connectivity index (χ4n) is 1.82. The van der Waals surface area contributed by atoms with Gasteiger partial charge in [-0.15, -0.1) is 0 Å². The Morgan fingerprint density at radius 1 is 1.00 bits per heavy atom. The molecule has 0 heterocycles. The van der Waals surface area contributed by atoms with Crippen LogP contribution in [0.2, 0.25) is 0 Å². The lowest BCUT2D eigenvalue weighted by Crippen LogP contribution is -2.49. The van der Waals surface area contributed by atoms with Crippen molar-refractivity contribution in [1.82, 2.24) is 0 Å². The Morgan fingerprint density at radius 3 is 1.86 bits per heavy atom. The van der Waals surface area contributed by atoms with Crippen molar-refractivity contribution >= 4 is 0 Å². The zero-order valence-corrected chi connectivity index (χ0v) is 10.7. The van der Waals surface area contributed by atoms with Crippen molar-refractivity contribution in [1.29, 1.82) is 0 Å². The molecule has 0 rings (SSSR count). The molecule has 0 saturated heterocycles. The average molecular weight is 202 g/mol. The van der Waals surface area contributed by atoms with E-state index in [4.69, 9.17) is 4.84 Å². The molecule has 14 heavy (non-hydrogen) atoms. The quantitative estimate of drug-likeness (QED) is 0.433. The highest BCUT2D eigenvalue weighted by atomic mass is 16.7. The maximum Gasteiger partial charge on any atom is 0.114 e. The molecule has 0 aromatic heterocycles. The summed E-state index contributed by atoms with van der Waals surface area (Å²) in [5, 5.41) is 0. The maximum atomic E-state index is 6.13. The molecule has 0 aliphatic heterocycles. The van der Waals surface area contributed by atoms with Crippen molar-refractivity contribution in [2.75, 3.05) is 19.6 Å². The van der Waals surface area contributed by atoms with Gasteiger partial charge in [-0.25, -0.2) is 0 Å². The van der Waals surface area contributed by atoms with Crippen molar-refractivity contribution in [2.45, 2.75) is 60.0 Å². The number of nitrogens with zero attached hydrogens (tertiary/aromatic N) is 1.